The molecule has 1 aliphatic carbocycles. The van der Waals surface area contributed by atoms with E-state index in [0.717, 1.165) is 12.1 Å². The van der Waals surface area contributed by atoms with Crippen molar-refractivity contribution in [3.63, 3.8) is 0 Å². The van der Waals surface area contributed by atoms with E-state index in [2.05, 4.69) is 12.2 Å². The molecule has 0 radical (unpaired) electrons. The lowest BCUT2D eigenvalue weighted by molar-refractivity contribution is -0.181. The molecule has 1 spiro atoms. The third kappa shape index (κ3) is 3.41. The number of nitrogens with zero attached hydrogens (tertiary/aromatic N) is 1. The number of piperidine rings is 1. The van der Waals surface area contributed by atoms with E-state index in [1.54, 1.807) is 24.3 Å². The maximum absolute atomic E-state index is 12.7. The number of nitrogens with one attached hydrogen (secondary N) is 1. The molecule has 2 aliphatic heterocycles. The van der Waals surface area contributed by atoms with Gasteiger partial charge in [0.15, 0.2) is 5.79 Å². The zero-order chi connectivity index (χ0) is 17.4. The minimum atomic E-state index is -0.467. The maximum Gasteiger partial charge on any atom is 0.253 e. The highest BCUT2D eigenvalue weighted by Crippen LogP contribution is 2.38. The number of hydrogen-bond donors (Lipinski definition) is 1. The van der Waals surface area contributed by atoms with Gasteiger partial charge in [-0.05, 0) is 36.6 Å². The predicted molar refractivity (Wildman–Crippen MR) is 92.1 cm³/mol. The molecule has 3 aliphatic rings. The van der Waals surface area contributed by atoms with Gasteiger partial charge in [-0.25, -0.2) is 0 Å². The first-order chi connectivity index (χ1) is 12.1. The first-order valence-electron chi connectivity index (χ1n) is 9.04. The highest BCUT2D eigenvalue weighted by molar-refractivity contribution is 5.97. The average molecular weight is 344 g/mol. The Kier molecular flexibility index (Phi) is 4.25. The van der Waals surface area contributed by atoms with Crippen molar-refractivity contribution in [2.45, 2.75) is 32.0 Å². The monoisotopic (exact) mass is 344 g/mol. The van der Waals surface area contributed by atoms with Crippen molar-refractivity contribution in [1.82, 2.24) is 4.90 Å². The van der Waals surface area contributed by atoms with Crippen LogP contribution in [0.15, 0.2) is 24.3 Å². The van der Waals surface area contributed by atoms with Gasteiger partial charge in [0.05, 0.1) is 13.2 Å². The van der Waals surface area contributed by atoms with Crippen LogP contribution in [0.5, 0.6) is 0 Å². The quantitative estimate of drug-likeness (QED) is 0.913. The Hall–Kier alpha value is -1.92. The van der Waals surface area contributed by atoms with Crippen LogP contribution in [-0.2, 0) is 14.3 Å². The second-order valence-electron chi connectivity index (χ2n) is 7.29. The largest absolute Gasteiger partial charge is 0.347 e. The molecule has 2 atom stereocenters. The summed E-state index contributed by atoms with van der Waals surface area (Å²) in [7, 11) is 0. The van der Waals surface area contributed by atoms with Crippen LogP contribution in [0.2, 0.25) is 0 Å². The van der Waals surface area contributed by atoms with E-state index < -0.39 is 5.79 Å². The van der Waals surface area contributed by atoms with Gasteiger partial charge in [0.2, 0.25) is 5.91 Å². The molecule has 6 nitrogen and oxygen atoms in total. The summed E-state index contributed by atoms with van der Waals surface area (Å²) in [5.41, 5.74) is 1.38. The average Bonchev–Trinajstić information content (AvgIpc) is 3.20. The smallest absolute Gasteiger partial charge is 0.253 e. The fraction of sp³-hybridized carbons (Fsp3) is 0.579. The summed E-state index contributed by atoms with van der Waals surface area (Å²) in [6.07, 6.45) is 2.39. The molecule has 6 heteroatoms. The Morgan fingerprint density at radius 3 is 2.28 bits per heavy atom. The molecule has 3 fully saturated rings. The van der Waals surface area contributed by atoms with E-state index in [9.17, 15) is 9.59 Å². The highest BCUT2D eigenvalue weighted by atomic mass is 16.7. The van der Waals surface area contributed by atoms with Gasteiger partial charge in [0, 0.05) is 43.1 Å². The maximum atomic E-state index is 12.7. The molecular formula is C19H24N2O4. The number of ether oxygens (including phenoxy) is 2. The Bertz CT molecular complexity index is 657. The standard InChI is InChI=1S/C19H24N2O4/c1-13-12-16(13)17(22)20-15-4-2-14(3-5-15)18(23)21-8-6-19(7-9-21)24-10-11-25-19/h2-5,13,16H,6-12H2,1H3,(H,20,22). The summed E-state index contributed by atoms with van der Waals surface area (Å²) in [5.74, 6) is 0.245. The normalized spacial score (nSPS) is 27.3. The summed E-state index contributed by atoms with van der Waals surface area (Å²) in [6.45, 7) is 4.63. The van der Waals surface area contributed by atoms with Crippen molar-refractivity contribution >= 4 is 17.5 Å². The van der Waals surface area contributed by atoms with E-state index in [-0.39, 0.29) is 17.7 Å². The van der Waals surface area contributed by atoms with Crippen LogP contribution < -0.4 is 5.32 Å². The Morgan fingerprint density at radius 2 is 1.72 bits per heavy atom. The predicted octanol–water partition coefficient (Wildman–Crippen LogP) is 2.26. The lowest BCUT2D eigenvalue weighted by Crippen LogP contribution is -2.47. The molecule has 0 bridgehead atoms. The number of anilines is 1. The van der Waals surface area contributed by atoms with Crippen LogP contribution in [-0.4, -0.2) is 48.8 Å². The van der Waals surface area contributed by atoms with Gasteiger partial charge < -0.3 is 19.7 Å². The van der Waals surface area contributed by atoms with Gasteiger partial charge in [-0.1, -0.05) is 6.92 Å². The molecule has 2 amide bonds. The topological polar surface area (TPSA) is 67.9 Å². The third-order valence-electron chi connectivity index (χ3n) is 5.47. The van der Waals surface area contributed by atoms with Crippen LogP contribution in [0.1, 0.15) is 36.5 Å². The first kappa shape index (κ1) is 16.5. The number of benzene rings is 1. The second-order valence-corrected chi connectivity index (χ2v) is 7.29. The van der Waals surface area contributed by atoms with Gasteiger partial charge in [-0.3, -0.25) is 9.59 Å². The molecule has 1 N–H and O–H groups in total. The van der Waals surface area contributed by atoms with Crippen molar-refractivity contribution < 1.29 is 19.1 Å². The molecule has 2 heterocycles. The molecule has 1 saturated carbocycles. The van der Waals surface area contributed by atoms with E-state index in [0.29, 0.717) is 50.6 Å². The van der Waals surface area contributed by atoms with Crippen molar-refractivity contribution in [2.24, 2.45) is 11.8 Å². The number of carbonyl (C=O) groups excluding carboxylic acids is 2. The number of likely N-dealkylation sites (tertiary alicyclic amines) is 1. The molecule has 1 aromatic carbocycles. The first-order valence-corrected chi connectivity index (χ1v) is 9.04. The van der Waals surface area contributed by atoms with Gasteiger partial charge in [0.25, 0.3) is 5.91 Å². The molecule has 25 heavy (non-hydrogen) atoms. The van der Waals surface area contributed by atoms with Gasteiger partial charge in [0.1, 0.15) is 0 Å². The van der Waals surface area contributed by atoms with Crippen LogP contribution >= 0.6 is 0 Å². The Morgan fingerprint density at radius 1 is 1.12 bits per heavy atom. The second kappa shape index (κ2) is 6.42. The molecular weight excluding hydrogens is 320 g/mol. The number of amides is 2. The van der Waals surface area contributed by atoms with Crippen LogP contribution in [0.4, 0.5) is 5.69 Å². The van der Waals surface area contributed by atoms with Crippen LogP contribution in [0.3, 0.4) is 0 Å². The minimum Gasteiger partial charge on any atom is -0.347 e. The van der Waals surface area contributed by atoms with Crippen molar-refractivity contribution in [1.29, 1.82) is 0 Å². The summed E-state index contributed by atoms with van der Waals surface area (Å²) in [5, 5.41) is 2.92. The van der Waals surface area contributed by atoms with Gasteiger partial charge >= 0.3 is 0 Å². The van der Waals surface area contributed by atoms with Gasteiger partial charge in [-0.15, -0.1) is 0 Å². The van der Waals surface area contributed by atoms with E-state index in [1.165, 1.54) is 0 Å². The summed E-state index contributed by atoms with van der Waals surface area (Å²) in [6, 6.07) is 7.15. The van der Waals surface area contributed by atoms with Crippen LogP contribution in [0.25, 0.3) is 0 Å². The molecule has 4 rings (SSSR count). The molecule has 2 unspecified atom stereocenters. The fourth-order valence-corrected chi connectivity index (χ4v) is 3.64. The molecule has 0 aromatic heterocycles. The van der Waals surface area contributed by atoms with Crippen molar-refractivity contribution in [2.75, 3.05) is 31.6 Å². The third-order valence-corrected chi connectivity index (χ3v) is 5.47. The summed E-state index contributed by atoms with van der Waals surface area (Å²) in [4.78, 5) is 26.5. The number of rotatable bonds is 3. The molecule has 1 aromatic rings. The SMILES string of the molecule is CC1CC1C(=O)Nc1ccc(C(=O)N2CCC3(CC2)OCCO3)cc1. The van der Waals surface area contributed by atoms with E-state index >= 15 is 0 Å². The van der Waals surface area contributed by atoms with E-state index in [1.807, 2.05) is 4.90 Å². The van der Waals surface area contributed by atoms with Crippen molar-refractivity contribution in [3.05, 3.63) is 29.8 Å². The highest BCUT2D eigenvalue weighted by Gasteiger charge is 2.41. The molecule has 2 saturated heterocycles. The summed E-state index contributed by atoms with van der Waals surface area (Å²) < 4.78 is 11.4. The molecule has 134 valence electrons. The Labute approximate surface area is 147 Å². The lowest BCUT2D eigenvalue weighted by Gasteiger charge is -2.37. The Balaban J connectivity index is 1.34. The minimum absolute atomic E-state index is 0.0153. The van der Waals surface area contributed by atoms with E-state index in [4.69, 9.17) is 9.47 Å². The van der Waals surface area contributed by atoms with Crippen molar-refractivity contribution in [3.8, 4) is 0 Å². The number of hydrogen-bond acceptors (Lipinski definition) is 4. The number of carbonyl (C=O) groups is 2. The lowest BCUT2D eigenvalue weighted by atomic mass is 10.0. The summed E-state index contributed by atoms with van der Waals surface area (Å²) >= 11 is 0. The van der Waals surface area contributed by atoms with Crippen LogP contribution in [0, 0.1) is 11.8 Å². The fourth-order valence-electron chi connectivity index (χ4n) is 3.64. The zero-order valence-electron chi connectivity index (χ0n) is 14.5. The van der Waals surface area contributed by atoms with Gasteiger partial charge in [-0.2, -0.15) is 0 Å². The zero-order valence-corrected chi connectivity index (χ0v) is 14.5.